The second kappa shape index (κ2) is 6.53. The zero-order valence-electron chi connectivity index (χ0n) is 15.2. The largest absolute Gasteiger partial charge is 0.353 e. The second-order valence-corrected chi connectivity index (χ2v) is 7.15. The van der Waals surface area contributed by atoms with E-state index < -0.39 is 0 Å². The van der Waals surface area contributed by atoms with Crippen LogP contribution in [0, 0.1) is 0 Å². The summed E-state index contributed by atoms with van der Waals surface area (Å²) in [5, 5.41) is 9.30. The van der Waals surface area contributed by atoms with Gasteiger partial charge in [0.25, 0.3) is 11.8 Å². The molecule has 1 atom stereocenters. The molecule has 0 saturated heterocycles. The molecule has 1 aliphatic carbocycles. The van der Waals surface area contributed by atoms with Crippen LogP contribution in [0.25, 0.3) is 0 Å². The number of carbonyl (C=O) groups is 2. The Kier molecular flexibility index (Phi) is 3.86. The molecule has 28 heavy (non-hydrogen) atoms. The van der Waals surface area contributed by atoms with Gasteiger partial charge in [-0.05, 0) is 54.3 Å². The number of benzene rings is 3. The first-order valence-electron chi connectivity index (χ1n) is 9.39. The summed E-state index contributed by atoms with van der Waals surface area (Å²) < 4.78 is 0. The highest BCUT2D eigenvalue weighted by Gasteiger charge is 2.25. The van der Waals surface area contributed by atoms with Crippen molar-refractivity contribution in [2.75, 3.05) is 10.6 Å². The van der Waals surface area contributed by atoms with Gasteiger partial charge in [-0.2, -0.15) is 0 Å². The molecule has 2 amide bonds. The van der Waals surface area contributed by atoms with Gasteiger partial charge in [0.05, 0.1) is 28.7 Å². The van der Waals surface area contributed by atoms with Crippen molar-refractivity contribution in [3.63, 3.8) is 0 Å². The summed E-state index contributed by atoms with van der Waals surface area (Å²) in [5.41, 5.74) is 5.70. The fourth-order valence-electron chi connectivity index (χ4n) is 3.97. The number of anilines is 3. The predicted molar refractivity (Wildman–Crippen MR) is 109 cm³/mol. The van der Waals surface area contributed by atoms with Gasteiger partial charge >= 0.3 is 0 Å². The quantitative estimate of drug-likeness (QED) is 0.626. The number of fused-ring (bicyclic) bond motifs is 3. The SMILES string of the molecule is O=C(N[C@H]1CCc2ccccc21)c1ccc2c(c1)NC(=O)c1ccccc1N2. The Bertz CT molecular complexity index is 1110. The van der Waals surface area contributed by atoms with E-state index in [1.54, 1.807) is 18.2 Å². The number of carbonyl (C=O) groups excluding carboxylic acids is 2. The smallest absolute Gasteiger partial charge is 0.257 e. The van der Waals surface area contributed by atoms with E-state index in [0.717, 1.165) is 24.2 Å². The third-order valence-electron chi connectivity index (χ3n) is 5.41. The Morgan fingerprint density at radius 1 is 0.893 bits per heavy atom. The number of amides is 2. The Balaban J connectivity index is 1.40. The van der Waals surface area contributed by atoms with E-state index >= 15 is 0 Å². The van der Waals surface area contributed by atoms with Gasteiger partial charge in [0.2, 0.25) is 0 Å². The van der Waals surface area contributed by atoms with E-state index in [9.17, 15) is 9.59 Å². The fraction of sp³-hybridized carbons (Fsp3) is 0.130. The van der Waals surface area contributed by atoms with Crippen molar-refractivity contribution in [1.82, 2.24) is 5.32 Å². The summed E-state index contributed by atoms with van der Waals surface area (Å²) in [6, 6.07) is 20.9. The first kappa shape index (κ1) is 16.6. The van der Waals surface area contributed by atoms with E-state index in [1.807, 2.05) is 36.4 Å². The van der Waals surface area contributed by atoms with E-state index in [2.05, 4.69) is 28.1 Å². The standard InChI is InChI=1S/C23H19N3O2/c27-22(25-19-11-9-14-5-1-2-6-16(14)19)15-10-12-20-21(13-15)26-23(28)17-7-3-4-8-18(17)24-20/h1-8,10,12-13,19,24H,9,11H2,(H,25,27)(H,26,28)/t19-/m0/s1. The summed E-state index contributed by atoms with van der Waals surface area (Å²) >= 11 is 0. The molecule has 0 unspecified atom stereocenters. The summed E-state index contributed by atoms with van der Waals surface area (Å²) in [6.07, 6.45) is 1.88. The number of rotatable bonds is 2. The van der Waals surface area contributed by atoms with E-state index in [4.69, 9.17) is 0 Å². The van der Waals surface area contributed by atoms with Crippen molar-refractivity contribution in [3.05, 3.63) is 89.0 Å². The van der Waals surface area contributed by atoms with Crippen LogP contribution in [0.15, 0.2) is 66.7 Å². The van der Waals surface area contributed by atoms with E-state index in [-0.39, 0.29) is 17.9 Å². The van der Waals surface area contributed by atoms with Crippen LogP contribution in [0.4, 0.5) is 17.1 Å². The van der Waals surface area contributed by atoms with Crippen molar-refractivity contribution in [2.24, 2.45) is 0 Å². The molecule has 3 aromatic carbocycles. The number of aryl methyl sites for hydroxylation is 1. The fourth-order valence-corrected chi connectivity index (χ4v) is 3.97. The maximum absolute atomic E-state index is 12.8. The van der Waals surface area contributed by atoms with Crippen molar-refractivity contribution >= 4 is 28.9 Å². The van der Waals surface area contributed by atoms with Crippen molar-refractivity contribution in [2.45, 2.75) is 18.9 Å². The Morgan fingerprint density at radius 2 is 1.71 bits per heavy atom. The molecule has 0 saturated carbocycles. The minimum absolute atomic E-state index is 0.0273. The highest BCUT2D eigenvalue weighted by molar-refractivity contribution is 6.12. The molecule has 0 aromatic heterocycles. The topological polar surface area (TPSA) is 70.2 Å². The molecule has 3 N–H and O–H groups in total. The summed E-state index contributed by atoms with van der Waals surface area (Å²) in [6.45, 7) is 0. The van der Waals surface area contributed by atoms with Crippen LogP contribution in [0.1, 0.15) is 44.3 Å². The average molecular weight is 369 g/mol. The molecule has 5 rings (SSSR count). The number of para-hydroxylation sites is 1. The van der Waals surface area contributed by atoms with Crippen LogP contribution in [-0.2, 0) is 6.42 Å². The monoisotopic (exact) mass is 369 g/mol. The lowest BCUT2D eigenvalue weighted by molar-refractivity contribution is 0.0935. The van der Waals surface area contributed by atoms with Gasteiger partial charge in [0, 0.05) is 5.56 Å². The lowest BCUT2D eigenvalue weighted by Crippen LogP contribution is -2.27. The lowest BCUT2D eigenvalue weighted by Gasteiger charge is -2.15. The zero-order chi connectivity index (χ0) is 19.1. The summed E-state index contributed by atoms with van der Waals surface area (Å²) in [5.74, 6) is -0.329. The van der Waals surface area contributed by atoms with Crippen LogP contribution in [0.5, 0.6) is 0 Å². The van der Waals surface area contributed by atoms with E-state index in [1.165, 1.54) is 11.1 Å². The third kappa shape index (κ3) is 2.81. The average Bonchev–Trinajstić information content (AvgIpc) is 3.05. The van der Waals surface area contributed by atoms with Gasteiger partial charge < -0.3 is 16.0 Å². The Hall–Kier alpha value is -3.60. The van der Waals surface area contributed by atoms with Crippen molar-refractivity contribution in [3.8, 4) is 0 Å². The van der Waals surface area contributed by atoms with Gasteiger partial charge in [0.15, 0.2) is 0 Å². The van der Waals surface area contributed by atoms with Gasteiger partial charge in [0.1, 0.15) is 0 Å². The second-order valence-electron chi connectivity index (χ2n) is 7.15. The van der Waals surface area contributed by atoms with Crippen LogP contribution < -0.4 is 16.0 Å². The molecule has 1 heterocycles. The van der Waals surface area contributed by atoms with Gasteiger partial charge in [-0.25, -0.2) is 0 Å². The van der Waals surface area contributed by atoms with Gasteiger partial charge in [-0.1, -0.05) is 36.4 Å². The van der Waals surface area contributed by atoms with Crippen LogP contribution in [-0.4, -0.2) is 11.8 Å². The molecule has 0 spiro atoms. The summed E-state index contributed by atoms with van der Waals surface area (Å²) in [4.78, 5) is 25.4. The Morgan fingerprint density at radius 3 is 2.64 bits per heavy atom. The predicted octanol–water partition coefficient (Wildman–Crippen LogP) is 4.41. The lowest BCUT2D eigenvalue weighted by atomic mass is 10.1. The van der Waals surface area contributed by atoms with Crippen LogP contribution >= 0.6 is 0 Å². The number of hydrogen-bond acceptors (Lipinski definition) is 3. The Labute approximate surface area is 162 Å². The molecule has 2 aliphatic rings. The number of hydrogen-bond donors (Lipinski definition) is 3. The maximum atomic E-state index is 12.8. The molecular formula is C23H19N3O2. The molecular weight excluding hydrogens is 350 g/mol. The molecule has 5 heteroatoms. The van der Waals surface area contributed by atoms with Crippen molar-refractivity contribution in [1.29, 1.82) is 0 Å². The normalized spacial score (nSPS) is 16.7. The third-order valence-corrected chi connectivity index (χ3v) is 5.41. The van der Waals surface area contributed by atoms with E-state index in [0.29, 0.717) is 16.8 Å². The molecule has 0 radical (unpaired) electrons. The van der Waals surface area contributed by atoms with Gasteiger partial charge in [-0.3, -0.25) is 9.59 Å². The molecule has 138 valence electrons. The first-order chi connectivity index (χ1) is 13.7. The van der Waals surface area contributed by atoms with Gasteiger partial charge in [-0.15, -0.1) is 0 Å². The maximum Gasteiger partial charge on any atom is 0.257 e. The van der Waals surface area contributed by atoms with Crippen LogP contribution in [0.3, 0.4) is 0 Å². The molecule has 5 nitrogen and oxygen atoms in total. The molecule has 0 fully saturated rings. The minimum atomic E-state index is -0.191. The zero-order valence-corrected chi connectivity index (χ0v) is 15.2. The molecule has 3 aromatic rings. The van der Waals surface area contributed by atoms with Crippen molar-refractivity contribution < 1.29 is 9.59 Å². The summed E-state index contributed by atoms with van der Waals surface area (Å²) in [7, 11) is 0. The number of nitrogens with one attached hydrogen (secondary N) is 3. The van der Waals surface area contributed by atoms with Crippen LogP contribution in [0.2, 0.25) is 0 Å². The molecule has 0 bridgehead atoms. The minimum Gasteiger partial charge on any atom is -0.353 e. The molecule has 1 aliphatic heterocycles. The highest BCUT2D eigenvalue weighted by atomic mass is 16.2. The highest BCUT2D eigenvalue weighted by Crippen LogP contribution is 2.34. The first-order valence-corrected chi connectivity index (χ1v) is 9.39.